The van der Waals surface area contributed by atoms with E-state index in [1.54, 1.807) is 18.0 Å². The Bertz CT molecular complexity index is 767. The van der Waals surface area contributed by atoms with Gasteiger partial charge in [0.1, 0.15) is 0 Å². The van der Waals surface area contributed by atoms with Gasteiger partial charge in [0.2, 0.25) is 0 Å². The molecule has 108 valence electrons. The maximum absolute atomic E-state index is 4.16. The lowest BCUT2D eigenvalue weighted by atomic mass is 10.1. The Kier molecular flexibility index (Phi) is 3.83. The molecule has 2 aromatic heterocycles. The molecule has 0 N–H and O–H groups in total. The average Bonchev–Trinajstić information content (AvgIpc) is 2.93. The summed E-state index contributed by atoms with van der Waals surface area (Å²) in [5, 5.41) is 21.2. The first-order valence-corrected chi connectivity index (χ1v) is 7.75. The van der Waals surface area contributed by atoms with Gasteiger partial charge in [0.25, 0.3) is 0 Å². The van der Waals surface area contributed by atoms with Gasteiger partial charge >= 0.3 is 0 Å². The van der Waals surface area contributed by atoms with Gasteiger partial charge in [-0.25, -0.2) is 4.68 Å². The van der Waals surface area contributed by atoms with E-state index in [1.165, 1.54) is 5.56 Å². The molecule has 2 heterocycles. The molecular weight excluding hydrogens is 284 g/mol. The van der Waals surface area contributed by atoms with Gasteiger partial charge < -0.3 is 0 Å². The molecule has 3 rings (SSSR count). The summed E-state index contributed by atoms with van der Waals surface area (Å²) in [6.45, 7) is 6.21. The summed E-state index contributed by atoms with van der Waals surface area (Å²) >= 11 is 1.68. The van der Waals surface area contributed by atoms with Crippen molar-refractivity contribution >= 4 is 22.7 Å². The van der Waals surface area contributed by atoms with Gasteiger partial charge in [-0.15, -0.1) is 16.9 Å². The Morgan fingerprint density at radius 3 is 2.90 bits per heavy atom. The van der Waals surface area contributed by atoms with E-state index in [-0.39, 0.29) is 6.04 Å². The smallest absolute Gasteiger partial charge is 0.161 e. The Labute approximate surface area is 127 Å². The number of tetrazole rings is 1. The third-order valence-corrected chi connectivity index (χ3v) is 4.20. The molecule has 0 aliphatic carbocycles. The fourth-order valence-corrected chi connectivity index (χ4v) is 3.03. The van der Waals surface area contributed by atoms with E-state index in [4.69, 9.17) is 0 Å². The van der Waals surface area contributed by atoms with Crippen molar-refractivity contribution in [1.29, 1.82) is 0 Å². The van der Waals surface area contributed by atoms with Gasteiger partial charge in [-0.2, -0.15) is 10.2 Å². The van der Waals surface area contributed by atoms with Crippen LogP contribution in [0.25, 0.3) is 10.9 Å². The number of thioether (sulfide) groups is 1. The summed E-state index contributed by atoms with van der Waals surface area (Å²) in [5.74, 6) is 1.58. The molecule has 0 aliphatic rings. The van der Waals surface area contributed by atoms with Crippen molar-refractivity contribution in [2.75, 3.05) is 0 Å². The monoisotopic (exact) mass is 300 g/mol. The summed E-state index contributed by atoms with van der Waals surface area (Å²) in [6.07, 6.45) is 1.80. The van der Waals surface area contributed by atoms with Crippen LogP contribution in [0.15, 0.2) is 29.3 Å². The number of aryl methyl sites for hydroxylation is 1. The van der Waals surface area contributed by atoms with Gasteiger partial charge in [0, 0.05) is 10.3 Å². The van der Waals surface area contributed by atoms with Crippen LogP contribution in [-0.2, 0) is 5.75 Å². The van der Waals surface area contributed by atoms with Crippen molar-refractivity contribution < 1.29 is 0 Å². The van der Waals surface area contributed by atoms with E-state index in [9.17, 15) is 0 Å². The molecule has 6 nitrogen and oxygen atoms in total. The second kappa shape index (κ2) is 5.77. The molecule has 1 aromatic carbocycles. The number of nitrogens with zero attached hydrogens (tertiary/aromatic N) is 6. The number of rotatable bonds is 4. The van der Waals surface area contributed by atoms with Crippen LogP contribution in [0.1, 0.15) is 31.3 Å². The van der Waals surface area contributed by atoms with Crippen molar-refractivity contribution in [2.24, 2.45) is 0 Å². The van der Waals surface area contributed by atoms with E-state index in [0.717, 1.165) is 21.6 Å². The SMILES string of the molecule is Cc1ccc2nncc(SCc3nnnn3C(C)C)c2c1. The van der Waals surface area contributed by atoms with Crippen molar-refractivity contribution in [3.8, 4) is 0 Å². The van der Waals surface area contributed by atoms with Crippen LogP contribution in [0.4, 0.5) is 0 Å². The van der Waals surface area contributed by atoms with Gasteiger partial charge in [0.15, 0.2) is 5.82 Å². The third-order valence-electron chi connectivity index (χ3n) is 3.16. The van der Waals surface area contributed by atoms with Crippen LogP contribution < -0.4 is 0 Å². The first-order valence-electron chi connectivity index (χ1n) is 6.76. The number of hydrogen-bond donors (Lipinski definition) is 0. The van der Waals surface area contributed by atoms with Crippen molar-refractivity contribution in [1.82, 2.24) is 30.4 Å². The summed E-state index contributed by atoms with van der Waals surface area (Å²) in [7, 11) is 0. The minimum absolute atomic E-state index is 0.255. The van der Waals surface area contributed by atoms with Crippen molar-refractivity contribution in [3.63, 3.8) is 0 Å². The Morgan fingerprint density at radius 2 is 2.10 bits per heavy atom. The number of fused-ring (bicyclic) bond motifs is 1. The zero-order chi connectivity index (χ0) is 14.8. The fraction of sp³-hybridized carbons (Fsp3) is 0.357. The van der Waals surface area contributed by atoms with Gasteiger partial charge in [-0.05, 0) is 43.3 Å². The number of benzene rings is 1. The van der Waals surface area contributed by atoms with Crippen LogP contribution in [0.3, 0.4) is 0 Å². The van der Waals surface area contributed by atoms with Crippen LogP contribution in [0.5, 0.6) is 0 Å². The molecule has 7 heteroatoms. The van der Waals surface area contributed by atoms with Crippen LogP contribution in [-0.4, -0.2) is 30.4 Å². The highest BCUT2D eigenvalue weighted by molar-refractivity contribution is 7.98. The first-order chi connectivity index (χ1) is 10.1. The largest absolute Gasteiger partial charge is 0.226 e. The van der Waals surface area contributed by atoms with Gasteiger partial charge in [0.05, 0.1) is 23.5 Å². The fourth-order valence-electron chi connectivity index (χ4n) is 2.11. The van der Waals surface area contributed by atoms with E-state index < -0.39 is 0 Å². The minimum Gasteiger partial charge on any atom is -0.226 e. The zero-order valence-corrected chi connectivity index (χ0v) is 13.0. The molecule has 0 amide bonds. The quantitative estimate of drug-likeness (QED) is 0.690. The predicted molar refractivity (Wildman–Crippen MR) is 82.0 cm³/mol. The van der Waals surface area contributed by atoms with E-state index in [2.05, 4.69) is 52.6 Å². The summed E-state index contributed by atoms with van der Waals surface area (Å²) in [6, 6.07) is 6.44. The van der Waals surface area contributed by atoms with Crippen LogP contribution >= 0.6 is 11.8 Å². The van der Waals surface area contributed by atoms with Crippen molar-refractivity contribution in [3.05, 3.63) is 35.8 Å². The molecule has 0 atom stereocenters. The highest BCUT2D eigenvalue weighted by Gasteiger charge is 2.11. The lowest BCUT2D eigenvalue weighted by Crippen LogP contribution is -2.07. The minimum atomic E-state index is 0.255. The van der Waals surface area contributed by atoms with Crippen LogP contribution in [0, 0.1) is 6.92 Å². The van der Waals surface area contributed by atoms with Crippen molar-refractivity contribution in [2.45, 2.75) is 37.5 Å². The van der Waals surface area contributed by atoms with Gasteiger partial charge in [-0.1, -0.05) is 11.6 Å². The first kappa shape index (κ1) is 13.9. The number of hydrogen-bond acceptors (Lipinski definition) is 6. The molecule has 0 saturated heterocycles. The number of aromatic nitrogens is 6. The molecule has 0 radical (unpaired) electrons. The highest BCUT2D eigenvalue weighted by Crippen LogP contribution is 2.28. The lowest BCUT2D eigenvalue weighted by Gasteiger charge is -2.08. The molecule has 0 unspecified atom stereocenters. The van der Waals surface area contributed by atoms with Crippen LogP contribution in [0.2, 0.25) is 0 Å². The molecule has 0 saturated carbocycles. The normalized spacial score (nSPS) is 11.4. The molecule has 0 bridgehead atoms. The molecular formula is C14H16N6S. The third kappa shape index (κ3) is 2.87. The maximum atomic E-state index is 4.16. The Hall–Kier alpha value is -2.02. The average molecular weight is 300 g/mol. The molecule has 21 heavy (non-hydrogen) atoms. The highest BCUT2D eigenvalue weighted by atomic mass is 32.2. The summed E-state index contributed by atoms with van der Waals surface area (Å²) in [4.78, 5) is 1.10. The molecule has 3 aromatic rings. The predicted octanol–water partition coefficient (Wildman–Crippen LogP) is 2.80. The Morgan fingerprint density at radius 1 is 1.24 bits per heavy atom. The molecule has 0 fully saturated rings. The summed E-state index contributed by atoms with van der Waals surface area (Å²) < 4.78 is 1.84. The zero-order valence-electron chi connectivity index (χ0n) is 12.2. The Balaban J connectivity index is 1.88. The van der Waals surface area contributed by atoms with Gasteiger partial charge in [-0.3, -0.25) is 0 Å². The lowest BCUT2D eigenvalue weighted by molar-refractivity contribution is 0.501. The summed E-state index contributed by atoms with van der Waals surface area (Å²) in [5.41, 5.74) is 2.12. The van der Waals surface area contributed by atoms with E-state index in [0.29, 0.717) is 5.75 Å². The van der Waals surface area contributed by atoms with E-state index >= 15 is 0 Å². The molecule has 0 aliphatic heterocycles. The second-order valence-corrected chi connectivity index (χ2v) is 6.17. The molecule has 0 spiro atoms. The standard InChI is InChI=1S/C14H16N6S/c1-9(2)20-14(17-18-19-20)8-21-13-7-15-16-12-5-4-10(3)6-11(12)13/h4-7,9H,8H2,1-3H3. The topological polar surface area (TPSA) is 69.4 Å². The van der Waals surface area contributed by atoms with E-state index in [1.807, 2.05) is 16.8 Å². The second-order valence-electron chi connectivity index (χ2n) is 5.15. The maximum Gasteiger partial charge on any atom is 0.161 e.